The van der Waals surface area contributed by atoms with E-state index >= 15 is 0 Å². The molecule has 3 aromatic carbocycles. The molecule has 5 heteroatoms. The molecule has 162 valence electrons. The van der Waals surface area contributed by atoms with Gasteiger partial charge >= 0.3 is 52.4 Å². The SMILES string of the molecule is CCCCC1=Cc2ccccc2C1[Si](C)(C)c1cccc2c1Cc1ccccc1-2.[Cl-].[Cl-].[Zr+4].[Zr+4]. The van der Waals surface area contributed by atoms with Gasteiger partial charge in [-0.05, 0) is 52.6 Å². The van der Waals surface area contributed by atoms with Crippen LogP contribution >= 0.6 is 0 Å². The summed E-state index contributed by atoms with van der Waals surface area (Å²) in [5, 5.41) is 1.66. The van der Waals surface area contributed by atoms with Crippen molar-refractivity contribution in [3.63, 3.8) is 0 Å². The van der Waals surface area contributed by atoms with Crippen LogP contribution in [-0.4, -0.2) is 8.07 Å². The third-order valence-electron chi connectivity index (χ3n) is 7.10. The quantitative estimate of drug-likeness (QED) is 0.285. The van der Waals surface area contributed by atoms with Gasteiger partial charge in [-0.1, -0.05) is 110 Å². The average molecular weight is 648 g/mol. The molecular weight excluding hydrogens is 618 g/mol. The number of rotatable bonds is 5. The minimum Gasteiger partial charge on any atom is -1.00 e. The topological polar surface area (TPSA) is 0 Å². The van der Waals surface area contributed by atoms with Gasteiger partial charge < -0.3 is 24.8 Å². The van der Waals surface area contributed by atoms with Crippen molar-refractivity contribution in [2.24, 2.45) is 0 Å². The fourth-order valence-corrected chi connectivity index (χ4v) is 9.79. The minimum absolute atomic E-state index is 0. The van der Waals surface area contributed by atoms with Crippen LogP contribution in [0.2, 0.25) is 13.1 Å². The van der Waals surface area contributed by atoms with E-state index in [2.05, 4.69) is 92.8 Å². The van der Waals surface area contributed by atoms with Gasteiger partial charge in [0.1, 0.15) is 0 Å². The van der Waals surface area contributed by atoms with Gasteiger partial charge in [0.15, 0.2) is 0 Å². The fourth-order valence-electron chi connectivity index (χ4n) is 5.75. The predicted octanol–water partition coefficient (Wildman–Crippen LogP) is 1.09. The molecule has 0 aromatic heterocycles. The van der Waals surface area contributed by atoms with Crippen molar-refractivity contribution < 1.29 is 77.2 Å². The molecule has 0 radical (unpaired) electrons. The van der Waals surface area contributed by atoms with E-state index in [9.17, 15) is 0 Å². The van der Waals surface area contributed by atoms with Crippen molar-refractivity contribution in [3.8, 4) is 11.1 Å². The van der Waals surface area contributed by atoms with Crippen molar-refractivity contribution in [2.75, 3.05) is 0 Å². The van der Waals surface area contributed by atoms with E-state index < -0.39 is 8.07 Å². The van der Waals surface area contributed by atoms with E-state index in [4.69, 9.17) is 0 Å². The molecule has 2 aliphatic rings. The van der Waals surface area contributed by atoms with Gasteiger partial charge in [0.05, 0.1) is 8.07 Å². The number of fused-ring (bicyclic) bond motifs is 4. The first-order chi connectivity index (χ1) is 14.1. The Hall–Kier alpha value is -0.0369. The summed E-state index contributed by atoms with van der Waals surface area (Å²) < 4.78 is 0. The largest absolute Gasteiger partial charge is 4.00 e. The van der Waals surface area contributed by atoms with Gasteiger partial charge in [-0.25, -0.2) is 0 Å². The van der Waals surface area contributed by atoms with Crippen LogP contribution < -0.4 is 30.0 Å². The molecule has 0 saturated carbocycles. The van der Waals surface area contributed by atoms with Crippen LogP contribution in [0.4, 0.5) is 0 Å². The minimum atomic E-state index is -1.78. The van der Waals surface area contributed by atoms with Gasteiger partial charge in [0.25, 0.3) is 0 Å². The van der Waals surface area contributed by atoms with E-state index in [1.54, 1.807) is 21.9 Å². The Morgan fingerprint density at radius 1 is 0.818 bits per heavy atom. The molecule has 0 spiro atoms. The van der Waals surface area contributed by atoms with E-state index in [1.807, 2.05) is 0 Å². The first kappa shape index (κ1) is 31.0. The number of hydrogen-bond acceptors (Lipinski definition) is 0. The Morgan fingerprint density at radius 3 is 2.24 bits per heavy atom. The summed E-state index contributed by atoms with van der Waals surface area (Å²) >= 11 is 0. The number of halogens is 2. The molecule has 33 heavy (non-hydrogen) atoms. The van der Waals surface area contributed by atoms with Gasteiger partial charge in [0.2, 0.25) is 0 Å². The maximum absolute atomic E-state index is 2.61. The van der Waals surface area contributed by atoms with Crippen molar-refractivity contribution in [1.82, 2.24) is 0 Å². The van der Waals surface area contributed by atoms with Gasteiger partial charge in [-0.2, -0.15) is 0 Å². The Balaban J connectivity index is 0.00000136. The van der Waals surface area contributed by atoms with E-state index in [-0.39, 0.29) is 77.2 Å². The summed E-state index contributed by atoms with van der Waals surface area (Å²) in [6.45, 7) is 7.53. The molecule has 0 bridgehead atoms. The summed E-state index contributed by atoms with van der Waals surface area (Å²) in [7, 11) is -1.78. The summed E-state index contributed by atoms with van der Waals surface area (Å²) in [4.78, 5) is 0. The van der Waals surface area contributed by atoms with E-state index in [0.717, 1.165) is 6.42 Å². The standard InChI is InChI=1S/C28H30Si.2ClH.2Zr/c1-4-5-11-22-18-20-12-7-9-15-24(20)28(22)29(2,3)27-17-10-16-25-23-14-8-6-13-21(23)19-26(25)27;;;;/h6-10,12-18,28H,4-5,11,19H2,1-3H3;2*1H;;/q;;;2*+4/p-2. The van der Waals surface area contributed by atoms with Crippen molar-refractivity contribution in [1.29, 1.82) is 0 Å². The molecule has 0 N–H and O–H groups in total. The Labute approximate surface area is 251 Å². The maximum atomic E-state index is 2.61. The van der Waals surface area contributed by atoms with Crippen LogP contribution in [0.3, 0.4) is 0 Å². The molecule has 0 fully saturated rings. The molecule has 1 unspecified atom stereocenters. The summed E-state index contributed by atoms with van der Waals surface area (Å²) in [5.41, 5.74) is 11.3. The van der Waals surface area contributed by atoms with Crippen LogP contribution in [-0.2, 0) is 58.8 Å². The summed E-state index contributed by atoms with van der Waals surface area (Å²) in [5.74, 6) is 0. The molecule has 5 rings (SSSR count). The first-order valence-electron chi connectivity index (χ1n) is 11.1. The number of unbranched alkanes of at least 4 members (excludes halogenated alkanes) is 1. The number of benzene rings is 3. The molecule has 2 aliphatic carbocycles. The molecule has 0 heterocycles. The van der Waals surface area contributed by atoms with Crippen molar-refractivity contribution >= 4 is 19.3 Å². The first-order valence-corrected chi connectivity index (χ1v) is 14.2. The zero-order valence-electron chi connectivity index (χ0n) is 19.6. The molecule has 1 atom stereocenters. The summed E-state index contributed by atoms with van der Waals surface area (Å²) in [6, 6.07) is 25.2. The third-order valence-corrected chi connectivity index (χ3v) is 11.1. The Morgan fingerprint density at radius 2 is 1.48 bits per heavy atom. The van der Waals surface area contributed by atoms with Crippen molar-refractivity contribution in [2.45, 2.75) is 51.2 Å². The Kier molecular flexibility index (Phi) is 12.0. The molecule has 0 nitrogen and oxygen atoms in total. The maximum Gasteiger partial charge on any atom is 4.00 e. The van der Waals surface area contributed by atoms with Crippen LogP contribution in [0.5, 0.6) is 0 Å². The normalized spacial score (nSPS) is 14.9. The van der Waals surface area contributed by atoms with E-state index in [1.165, 1.54) is 41.5 Å². The fraction of sp³-hybridized carbons (Fsp3) is 0.286. The Bertz CT molecular complexity index is 1120. The molecular formula is C28H30Cl2SiZr2+6. The molecule has 0 amide bonds. The van der Waals surface area contributed by atoms with Crippen LogP contribution in [0.25, 0.3) is 17.2 Å². The van der Waals surface area contributed by atoms with Gasteiger partial charge in [-0.15, -0.1) is 0 Å². The third kappa shape index (κ3) is 5.54. The van der Waals surface area contributed by atoms with Crippen LogP contribution in [0.15, 0.2) is 72.3 Å². The number of allylic oxidation sites excluding steroid dienone is 1. The monoisotopic (exact) mass is 644 g/mol. The molecule has 0 aliphatic heterocycles. The van der Waals surface area contributed by atoms with E-state index in [0.29, 0.717) is 5.54 Å². The van der Waals surface area contributed by atoms with Gasteiger partial charge in [0, 0.05) is 5.54 Å². The summed E-state index contributed by atoms with van der Waals surface area (Å²) in [6.07, 6.45) is 7.40. The molecule has 3 aromatic rings. The molecule has 0 saturated heterocycles. The number of hydrogen-bond donors (Lipinski definition) is 0. The zero-order chi connectivity index (χ0) is 20.0. The smallest absolute Gasteiger partial charge is 1.00 e. The second-order valence-electron chi connectivity index (χ2n) is 9.27. The van der Waals surface area contributed by atoms with Gasteiger partial charge in [-0.3, -0.25) is 0 Å². The van der Waals surface area contributed by atoms with Crippen LogP contribution in [0, 0.1) is 0 Å². The average Bonchev–Trinajstić information content (AvgIpc) is 3.30. The predicted molar refractivity (Wildman–Crippen MR) is 128 cm³/mol. The van der Waals surface area contributed by atoms with Crippen LogP contribution in [0.1, 0.15) is 54.0 Å². The second kappa shape index (κ2) is 12.8. The zero-order valence-corrected chi connectivity index (χ0v) is 27.0. The van der Waals surface area contributed by atoms with Crippen molar-refractivity contribution in [3.05, 3.63) is 94.6 Å². The second-order valence-corrected chi connectivity index (χ2v) is 13.8.